The maximum absolute atomic E-state index is 14.2. The van der Waals surface area contributed by atoms with Gasteiger partial charge in [-0.05, 0) is 25.7 Å². The van der Waals surface area contributed by atoms with E-state index >= 15 is 0 Å². The molecule has 0 saturated carbocycles. The van der Waals surface area contributed by atoms with Crippen LogP contribution in [0, 0.1) is 0 Å². The third-order valence-electron chi connectivity index (χ3n) is 11.2. The van der Waals surface area contributed by atoms with Gasteiger partial charge < -0.3 is 0 Å². The molecule has 9 heteroatoms. The Labute approximate surface area is 357 Å². The van der Waals surface area contributed by atoms with Gasteiger partial charge in [-0.2, -0.15) is 4.31 Å². The monoisotopic (exact) mass is 851 g/mol. The molecule has 0 heterocycles. The van der Waals surface area contributed by atoms with Gasteiger partial charge in [0.15, 0.2) is 0 Å². The average molecular weight is 851 g/mol. The van der Waals surface area contributed by atoms with E-state index < -0.39 is 15.6 Å². The Hall–Kier alpha value is 0.260. The first kappa shape index (κ1) is 57.3. The van der Waals surface area contributed by atoms with Crippen molar-refractivity contribution in [1.29, 1.82) is 0 Å². The highest BCUT2D eigenvalue weighted by molar-refractivity contribution is 7.62. The summed E-state index contributed by atoms with van der Waals surface area (Å²) in [4.78, 5) is 0. The zero-order valence-corrected chi connectivity index (χ0v) is 40.7. The molecule has 0 rings (SSSR count). The Morgan fingerprint density at radius 2 is 0.368 bits per heavy atom. The molecule has 57 heavy (non-hydrogen) atoms. The summed E-state index contributed by atoms with van der Waals surface area (Å²) in [5.41, 5.74) is 0. The highest BCUT2D eigenvalue weighted by Crippen LogP contribution is 2.66. The van der Waals surface area contributed by atoms with Gasteiger partial charge in [0.05, 0.1) is 26.4 Å². The zero-order valence-electron chi connectivity index (χ0n) is 38.9. The van der Waals surface area contributed by atoms with Crippen molar-refractivity contribution >= 4 is 15.6 Å². The molecule has 0 aliphatic carbocycles. The molecule has 0 bridgehead atoms. The van der Waals surface area contributed by atoms with Crippen LogP contribution in [0.3, 0.4) is 0 Å². The Morgan fingerprint density at radius 1 is 0.228 bits per heavy atom. The van der Waals surface area contributed by atoms with Gasteiger partial charge in [0, 0.05) is 0 Å². The molecular weight excluding hydrogens is 750 g/mol. The van der Waals surface area contributed by atoms with E-state index in [-0.39, 0.29) is 26.4 Å². The van der Waals surface area contributed by atoms with Crippen LogP contribution in [0.4, 0.5) is 0 Å². The summed E-state index contributed by atoms with van der Waals surface area (Å²) in [6, 6.07) is 0. The molecule has 0 N–H and O–H groups in total. The minimum Gasteiger partial charge on any atom is -0.287 e. The van der Waals surface area contributed by atoms with E-state index in [9.17, 15) is 9.13 Å². The number of phosphoric ester groups is 2. The second-order valence-electron chi connectivity index (χ2n) is 17.0. The Bertz CT molecular complexity index is 746. The molecule has 0 aromatic rings. The van der Waals surface area contributed by atoms with E-state index in [2.05, 4.69) is 27.7 Å². The molecule has 0 radical (unpaired) electrons. The van der Waals surface area contributed by atoms with Gasteiger partial charge in [-0.15, -0.1) is 0 Å². The molecule has 0 aromatic carbocycles. The quantitative estimate of drug-likeness (QED) is 0.0445. The van der Waals surface area contributed by atoms with Gasteiger partial charge >= 0.3 is 15.6 Å². The summed E-state index contributed by atoms with van der Waals surface area (Å²) >= 11 is 0. The molecule has 0 atom stereocenters. The molecule has 0 aliphatic rings. The molecule has 0 aromatic heterocycles. The van der Waals surface area contributed by atoms with E-state index in [1.54, 1.807) is 0 Å². The van der Waals surface area contributed by atoms with Crippen molar-refractivity contribution in [1.82, 2.24) is 0 Å². The maximum Gasteiger partial charge on any atom is 0.483 e. The van der Waals surface area contributed by atoms with Crippen molar-refractivity contribution in [3.8, 4) is 0 Å². The normalized spacial score (nSPS) is 12.3. The second-order valence-corrected chi connectivity index (χ2v) is 20.5. The molecule has 7 nitrogen and oxygen atoms in total. The molecule has 0 fully saturated rings. The molecular formula is C48H100O7P2. The van der Waals surface area contributed by atoms with E-state index in [4.69, 9.17) is 22.4 Å². The van der Waals surface area contributed by atoms with Gasteiger partial charge in [0.2, 0.25) is 0 Å². The van der Waals surface area contributed by atoms with Gasteiger partial charge in [0.1, 0.15) is 0 Å². The topological polar surface area (TPSA) is 80.3 Å². The highest BCUT2D eigenvalue weighted by Gasteiger charge is 2.40. The van der Waals surface area contributed by atoms with Crippen molar-refractivity contribution in [2.24, 2.45) is 0 Å². The van der Waals surface area contributed by atoms with Gasteiger partial charge in [-0.1, -0.05) is 259 Å². The maximum atomic E-state index is 14.2. The second kappa shape index (κ2) is 45.8. The lowest BCUT2D eigenvalue weighted by molar-refractivity contribution is 0.105. The van der Waals surface area contributed by atoms with Crippen molar-refractivity contribution < 1.29 is 31.5 Å². The minimum atomic E-state index is -4.17. The van der Waals surface area contributed by atoms with Crippen LogP contribution in [0.2, 0.25) is 0 Å². The zero-order chi connectivity index (χ0) is 41.6. The van der Waals surface area contributed by atoms with Crippen LogP contribution in [-0.2, 0) is 31.5 Å². The van der Waals surface area contributed by atoms with E-state index in [0.717, 1.165) is 77.0 Å². The van der Waals surface area contributed by atoms with Crippen LogP contribution >= 0.6 is 15.6 Å². The number of hydrogen-bond acceptors (Lipinski definition) is 7. The summed E-state index contributed by atoms with van der Waals surface area (Å²) in [6.45, 7) is 9.98. The van der Waals surface area contributed by atoms with Crippen molar-refractivity contribution in [3.63, 3.8) is 0 Å². The average Bonchev–Trinajstić information content (AvgIpc) is 3.20. The smallest absolute Gasteiger partial charge is 0.287 e. The lowest BCUT2D eigenvalue weighted by Gasteiger charge is -2.23. The van der Waals surface area contributed by atoms with E-state index in [1.807, 2.05) is 0 Å². The molecule has 0 unspecified atom stereocenters. The highest BCUT2D eigenvalue weighted by atomic mass is 31.3. The van der Waals surface area contributed by atoms with Crippen LogP contribution < -0.4 is 0 Å². The summed E-state index contributed by atoms with van der Waals surface area (Å²) in [5, 5.41) is 0. The van der Waals surface area contributed by atoms with Crippen LogP contribution in [0.25, 0.3) is 0 Å². The fourth-order valence-electron chi connectivity index (χ4n) is 7.35. The fraction of sp³-hybridized carbons (Fsp3) is 1.00. The Balaban J connectivity index is 5.11. The summed E-state index contributed by atoms with van der Waals surface area (Å²) < 4.78 is 57.6. The van der Waals surface area contributed by atoms with E-state index in [1.165, 1.54) is 180 Å². The summed E-state index contributed by atoms with van der Waals surface area (Å²) in [7, 11) is -8.35. The lowest BCUT2D eigenvalue weighted by Crippen LogP contribution is -2.07. The van der Waals surface area contributed by atoms with Crippen molar-refractivity contribution in [2.75, 3.05) is 26.4 Å². The van der Waals surface area contributed by atoms with Gasteiger partial charge in [0.25, 0.3) is 0 Å². The first-order chi connectivity index (χ1) is 27.9. The largest absolute Gasteiger partial charge is 0.483 e. The standard InChI is InChI=1S/C48H100O7P2/c1-5-9-13-17-21-25-29-33-37-41-45-51-56(49,52-46-42-38-34-30-26-22-18-14-10-6-2)55-57(50,53-47-43-39-35-31-27-23-19-15-11-7-3)54-48-44-40-36-32-28-24-20-16-12-8-4/h5-48H2,1-4H3. The third kappa shape index (κ3) is 42.7. The third-order valence-corrected chi connectivity index (χ3v) is 14.8. The van der Waals surface area contributed by atoms with Crippen LogP contribution in [-0.4, -0.2) is 26.4 Å². The van der Waals surface area contributed by atoms with Gasteiger partial charge in [-0.25, -0.2) is 9.13 Å². The molecule has 0 saturated heterocycles. The van der Waals surface area contributed by atoms with Crippen molar-refractivity contribution in [3.05, 3.63) is 0 Å². The van der Waals surface area contributed by atoms with Crippen LogP contribution in [0.15, 0.2) is 0 Å². The lowest BCUT2D eigenvalue weighted by atomic mass is 10.1. The molecule has 344 valence electrons. The van der Waals surface area contributed by atoms with Crippen LogP contribution in [0.5, 0.6) is 0 Å². The summed E-state index contributed by atoms with van der Waals surface area (Å²) in [6.07, 6.45) is 47.8. The van der Waals surface area contributed by atoms with E-state index in [0.29, 0.717) is 0 Å². The number of unbranched alkanes of at least 4 members (excludes halogenated alkanes) is 36. The predicted octanol–water partition coefficient (Wildman–Crippen LogP) is 19.0. The molecule has 0 amide bonds. The first-order valence-electron chi connectivity index (χ1n) is 25.4. The SMILES string of the molecule is CCCCCCCCCCCCOP(=O)(OCCCCCCCCCCCC)OP(=O)(OCCCCCCCCCCCC)OCCCCCCCCCCCC. The van der Waals surface area contributed by atoms with Gasteiger partial charge in [-0.3, -0.25) is 18.1 Å². The Kier molecular flexibility index (Phi) is 46.0. The minimum absolute atomic E-state index is 0.239. The summed E-state index contributed by atoms with van der Waals surface area (Å²) in [5.74, 6) is 0. The Morgan fingerprint density at radius 3 is 0.526 bits per heavy atom. The van der Waals surface area contributed by atoms with Crippen LogP contribution in [0.1, 0.15) is 285 Å². The molecule has 0 aliphatic heterocycles. The number of hydrogen-bond donors (Lipinski definition) is 0. The first-order valence-corrected chi connectivity index (χ1v) is 28.4. The molecule has 0 spiro atoms. The number of rotatable bonds is 50. The number of phosphoric acid groups is 2. The fourth-order valence-corrected chi connectivity index (χ4v) is 10.6. The predicted molar refractivity (Wildman–Crippen MR) is 247 cm³/mol. The van der Waals surface area contributed by atoms with Crippen molar-refractivity contribution in [2.45, 2.75) is 285 Å².